The fourth-order valence-corrected chi connectivity index (χ4v) is 2.44. The number of nitrogens with one attached hydrogen (secondary N) is 1. The van der Waals surface area contributed by atoms with Gasteiger partial charge >= 0.3 is 0 Å². The van der Waals surface area contributed by atoms with Crippen LogP contribution >= 0.6 is 0 Å². The third-order valence-electron chi connectivity index (χ3n) is 3.97. The van der Waals surface area contributed by atoms with Crippen molar-refractivity contribution >= 4 is 11.6 Å². The van der Waals surface area contributed by atoms with Gasteiger partial charge in [0.05, 0.1) is 0 Å². The summed E-state index contributed by atoms with van der Waals surface area (Å²) in [6.45, 7) is 5.27. The van der Waals surface area contributed by atoms with Crippen LogP contribution in [-0.4, -0.2) is 32.1 Å². The predicted molar refractivity (Wildman–Crippen MR) is 98.6 cm³/mol. The maximum Gasteiger partial charge on any atom is 0.261 e. The van der Waals surface area contributed by atoms with E-state index in [0.29, 0.717) is 13.0 Å². The minimum absolute atomic E-state index is 0.0674. The van der Waals surface area contributed by atoms with Gasteiger partial charge in [-0.3, -0.25) is 4.79 Å². The number of benzene rings is 2. The minimum Gasteiger partial charge on any atom is -0.480 e. The molecule has 0 aliphatic carbocycles. The van der Waals surface area contributed by atoms with Gasteiger partial charge in [-0.15, -0.1) is 0 Å². The Morgan fingerprint density at radius 3 is 2.46 bits per heavy atom. The summed E-state index contributed by atoms with van der Waals surface area (Å²) in [4.78, 5) is 14.5. The number of ether oxygens (including phenoxy) is 1. The van der Waals surface area contributed by atoms with Crippen LogP contribution in [0.15, 0.2) is 54.6 Å². The molecule has 2 rings (SSSR count). The Morgan fingerprint density at radius 2 is 1.79 bits per heavy atom. The van der Waals surface area contributed by atoms with Crippen molar-refractivity contribution in [2.24, 2.45) is 0 Å². The Labute approximate surface area is 144 Å². The topological polar surface area (TPSA) is 41.6 Å². The van der Waals surface area contributed by atoms with E-state index in [2.05, 4.69) is 22.3 Å². The maximum absolute atomic E-state index is 12.4. The lowest BCUT2D eigenvalue weighted by Gasteiger charge is -2.21. The molecule has 0 fully saturated rings. The summed E-state index contributed by atoms with van der Waals surface area (Å²) < 4.78 is 5.87. The van der Waals surface area contributed by atoms with Crippen molar-refractivity contribution in [2.75, 3.05) is 25.0 Å². The summed E-state index contributed by atoms with van der Waals surface area (Å²) in [7, 11) is 2.02. The number of aryl methyl sites for hydroxylation is 1. The molecule has 0 radical (unpaired) electrons. The molecule has 2 aromatic carbocycles. The Bertz CT molecular complexity index is 643. The number of carbonyl (C=O) groups is 1. The van der Waals surface area contributed by atoms with E-state index in [0.717, 1.165) is 23.5 Å². The standard InChI is InChI=1S/C20H26N2O2/c1-4-18(24-19-13-9-8-10-16(19)2)20(23)21-14-15-22(3)17-11-6-5-7-12-17/h5-13,18H,4,14-15H2,1-3H3,(H,21,23). The highest BCUT2D eigenvalue weighted by Gasteiger charge is 2.18. The van der Waals surface area contributed by atoms with Gasteiger partial charge in [-0.05, 0) is 37.1 Å². The molecule has 4 heteroatoms. The van der Waals surface area contributed by atoms with Crippen molar-refractivity contribution in [1.29, 1.82) is 0 Å². The molecule has 1 N–H and O–H groups in total. The van der Waals surface area contributed by atoms with Gasteiger partial charge in [0.1, 0.15) is 5.75 Å². The number of nitrogens with zero attached hydrogens (tertiary/aromatic N) is 1. The van der Waals surface area contributed by atoms with Crippen LogP contribution in [0.5, 0.6) is 5.75 Å². The molecule has 0 aliphatic rings. The third-order valence-corrected chi connectivity index (χ3v) is 3.97. The highest BCUT2D eigenvalue weighted by molar-refractivity contribution is 5.81. The maximum atomic E-state index is 12.4. The lowest BCUT2D eigenvalue weighted by Crippen LogP contribution is -2.41. The zero-order valence-electron chi connectivity index (χ0n) is 14.7. The van der Waals surface area contributed by atoms with Crippen molar-refractivity contribution in [3.05, 3.63) is 60.2 Å². The molecule has 1 amide bonds. The average molecular weight is 326 g/mol. The molecule has 4 nitrogen and oxygen atoms in total. The first kappa shape index (κ1) is 17.9. The number of carbonyl (C=O) groups excluding carboxylic acids is 1. The van der Waals surface area contributed by atoms with Crippen molar-refractivity contribution in [3.8, 4) is 5.75 Å². The van der Waals surface area contributed by atoms with Crippen LogP contribution in [-0.2, 0) is 4.79 Å². The average Bonchev–Trinajstić information content (AvgIpc) is 2.61. The second-order valence-electron chi connectivity index (χ2n) is 5.83. The largest absolute Gasteiger partial charge is 0.480 e. The predicted octanol–water partition coefficient (Wildman–Crippen LogP) is 3.41. The first-order valence-corrected chi connectivity index (χ1v) is 8.38. The van der Waals surface area contributed by atoms with Crippen LogP contribution in [0.1, 0.15) is 18.9 Å². The molecular formula is C20H26N2O2. The molecule has 1 atom stereocenters. The summed E-state index contributed by atoms with van der Waals surface area (Å²) in [6, 6.07) is 17.9. The van der Waals surface area contributed by atoms with Crippen LogP contribution in [0.25, 0.3) is 0 Å². The molecular weight excluding hydrogens is 300 g/mol. The van der Waals surface area contributed by atoms with E-state index in [1.54, 1.807) is 0 Å². The SMILES string of the molecule is CCC(Oc1ccccc1C)C(=O)NCCN(C)c1ccccc1. The number of para-hydroxylation sites is 2. The highest BCUT2D eigenvalue weighted by atomic mass is 16.5. The van der Waals surface area contributed by atoms with E-state index in [1.807, 2.05) is 63.4 Å². The number of hydrogen-bond donors (Lipinski definition) is 1. The van der Waals surface area contributed by atoms with E-state index >= 15 is 0 Å². The summed E-state index contributed by atoms with van der Waals surface area (Å²) in [5.41, 5.74) is 2.17. The number of hydrogen-bond acceptors (Lipinski definition) is 3. The zero-order valence-corrected chi connectivity index (χ0v) is 14.7. The molecule has 0 aromatic heterocycles. The third kappa shape index (κ3) is 5.01. The van der Waals surface area contributed by atoms with E-state index in [1.165, 1.54) is 0 Å². The Kier molecular flexibility index (Phi) is 6.67. The van der Waals surface area contributed by atoms with Gasteiger partial charge in [0.15, 0.2) is 6.10 Å². The number of likely N-dealkylation sites (N-methyl/N-ethyl adjacent to an activating group) is 1. The normalized spacial score (nSPS) is 11.6. The number of amides is 1. The van der Waals surface area contributed by atoms with Gasteiger partial charge in [0, 0.05) is 25.8 Å². The molecule has 1 unspecified atom stereocenters. The van der Waals surface area contributed by atoms with E-state index in [9.17, 15) is 4.79 Å². The Hall–Kier alpha value is -2.49. The number of anilines is 1. The molecule has 0 bridgehead atoms. The molecule has 0 heterocycles. The van der Waals surface area contributed by atoms with Gasteiger partial charge in [0.2, 0.25) is 0 Å². The van der Waals surface area contributed by atoms with Crippen molar-refractivity contribution in [3.63, 3.8) is 0 Å². The number of rotatable bonds is 8. The lowest BCUT2D eigenvalue weighted by atomic mass is 10.2. The van der Waals surface area contributed by atoms with Crippen molar-refractivity contribution in [1.82, 2.24) is 5.32 Å². The van der Waals surface area contributed by atoms with Crippen LogP contribution in [0.3, 0.4) is 0 Å². The molecule has 128 valence electrons. The summed E-state index contributed by atoms with van der Waals surface area (Å²) in [6.07, 6.45) is 0.169. The molecule has 0 saturated carbocycles. The quantitative estimate of drug-likeness (QED) is 0.808. The summed E-state index contributed by atoms with van der Waals surface area (Å²) >= 11 is 0. The fraction of sp³-hybridized carbons (Fsp3) is 0.350. The molecule has 0 spiro atoms. The zero-order chi connectivity index (χ0) is 17.4. The molecule has 24 heavy (non-hydrogen) atoms. The first-order chi connectivity index (χ1) is 11.6. The van der Waals surface area contributed by atoms with E-state index in [-0.39, 0.29) is 5.91 Å². The van der Waals surface area contributed by atoms with Crippen LogP contribution in [0, 0.1) is 6.92 Å². The van der Waals surface area contributed by atoms with Crippen LogP contribution in [0.4, 0.5) is 5.69 Å². The second-order valence-corrected chi connectivity index (χ2v) is 5.83. The minimum atomic E-state index is -0.465. The first-order valence-electron chi connectivity index (χ1n) is 8.38. The highest BCUT2D eigenvalue weighted by Crippen LogP contribution is 2.18. The smallest absolute Gasteiger partial charge is 0.261 e. The van der Waals surface area contributed by atoms with Gasteiger partial charge in [-0.2, -0.15) is 0 Å². The lowest BCUT2D eigenvalue weighted by molar-refractivity contribution is -0.128. The van der Waals surface area contributed by atoms with E-state index < -0.39 is 6.10 Å². The molecule has 0 aliphatic heterocycles. The fourth-order valence-electron chi connectivity index (χ4n) is 2.44. The molecule has 0 saturated heterocycles. The Balaban J connectivity index is 1.83. The van der Waals surface area contributed by atoms with Crippen LogP contribution in [0.2, 0.25) is 0 Å². The summed E-state index contributed by atoms with van der Waals surface area (Å²) in [5.74, 6) is 0.697. The Morgan fingerprint density at radius 1 is 1.12 bits per heavy atom. The van der Waals surface area contributed by atoms with Gasteiger partial charge in [0.25, 0.3) is 5.91 Å². The van der Waals surface area contributed by atoms with Crippen molar-refractivity contribution in [2.45, 2.75) is 26.4 Å². The van der Waals surface area contributed by atoms with Gasteiger partial charge in [-0.25, -0.2) is 0 Å². The van der Waals surface area contributed by atoms with Crippen molar-refractivity contribution < 1.29 is 9.53 Å². The molecule has 2 aromatic rings. The second kappa shape index (κ2) is 8.96. The van der Waals surface area contributed by atoms with Gasteiger partial charge in [-0.1, -0.05) is 43.3 Å². The van der Waals surface area contributed by atoms with Crippen LogP contribution < -0.4 is 15.0 Å². The van der Waals surface area contributed by atoms with E-state index in [4.69, 9.17) is 4.74 Å². The monoisotopic (exact) mass is 326 g/mol. The van der Waals surface area contributed by atoms with Gasteiger partial charge < -0.3 is 15.0 Å². The summed E-state index contributed by atoms with van der Waals surface area (Å²) in [5, 5.41) is 2.97.